The summed E-state index contributed by atoms with van der Waals surface area (Å²) in [7, 11) is 0. The molecular formula is C10H11IO. The van der Waals surface area contributed by atoms with Crippen molar-refractivity contribution >= 4 is 28.4 Å². The molecule has 0 saturated carbocycles. The molecule has 0 amide bonds. The van der Waals surface area contributed by atoms with E-state index in [9.17, 15) is 4.79 Å². The molecule has 64 valence electrons. The zero-order chi connectivity index (χ0) is 9.14. The highest BCUT2D eigenvalue weighted by Crippen LogP contribution is 2.13. The van der Waals surface area contributed by atoms with E-state index in [0.29, 0.717) is 6.42 Å². The lowest BCUT2D eigenvalue weighted by Gasteiger charge is -2.01. The number of Topliss-reactive ketones (excluding diaryl/α,β-unsaturated/α-hetero) is 1. The number of hydrogen-bond donors (Lipinski definition) is 0. The number of carbonyl (C=O) groups is 1. The summed E-state index contributed by atoms with van der Waals surface area (Å²) in [5.74, 6) is 0.218. The first-order chi connectivity index (χ1) is 5.59. The minimum Gasteiger partial charge on any atom is -0.300 e. The van der Waals surface area contributed by atoms with Gasteiger partial charge in [-0.05, 0) is 53.6 Å². The Labute approximate surface area is 86.3 Å². The van der Waals surface area contributed by atoms with Crippen LogP contribution >= 0.6 is 22.6 Å². The lowest BCUT2D eigenvalue weighted by molar-refractivity contribution is -0.116. The average Bonchev–Trinajstić information content (AvgIpc) is 1.96. The minimum atomic E-state index is 0.218. The maximum absolute atomic E-state index is 10.8. The number of rotatable bonds is 2. The number of halogens is 1. The second-order valence-corrected chi connectivity index (χ2v) is 4.12. The standard InChI is InChI=1S/C10H11IO/c1-7-5-9(6-8(2)12)3-4-10(7)11/h3-5H,6H2,1-2H3. The van der Waals surface area contributed by atoms with Gasteiger partial charge in [0.2, 0.25) is 0 Å². The van der Waals surface area contributed by atoms with Crippen molar-refractivity contribution in [1.29, 1.82) is 0 Å². The van der Waals surface area contributed by atoms with Crippen molar-refractivity contribution < 1.29 is 4.79 Å². The normalized spacial score (nSPS) is 9.92. The van der Waals surface area contributed by atoms with Crippen LogP contribution in [0.25, 0.3) is 0 Å². The number of ketones is 1. The third-order valence-electron chi connectivity index (χ3n) is 1.68. The van der Waals surface area contributed by atoms with Crippen molar-refractivity contribution in [2.45, 2.75) is 20.3 Å². The molecule has 0 bridgehead atoms. The second-order valence-electron chi connectivity index (χ2n) is 2.96. The highest BCUT2D eigenvalue weighted by atomic mass is 127. The monoisotopic (exact) mass is 274 g/mol. The van der Waals surface area contributed by atoms with Gasteiger partial charge < -0.3 is 0 Å². The molecule has 0 heterocycles. The maximum Gasteiger partial charge on any atom is 0.134 e. The number of aryl methyl sites for hydroxylation is 1. The quantitative estimate of drug-likeness (QED) is 0.758. The summed E-state index contributed by atoms with van der Waals surface area (Å²) in [5, 5.41) is 0. The fraction of sp³-hybridized carbons (Fsp3) is 0.300. The van der Waals surface area contributed by atoms with Crippen molar-refractivity contribution in [2.75, 3.05) is 0 Å². The second kappa shape index (κ2) is 4.03. The van der Waals surface area contributed by atoms with Gasteiger partial charge in [-0.1, -0.05) is 12.1 Å². The van der Waals surface area contributed by atoms with Gasteiger partial charge in [-0.3, -0.25) is 4.79 Å². The number of hydrogen-bond acceptors (Lipinski definition) is 1. The molecule has 0 N–H and O–H groups in total. The van der Waals surface area contributed by atoms with E-state index in [1.54, 1.807) is 6.92 Å². The van der Waals surface area contributed by atoms with Crippen molar-refractivity contribution in [3.05, 3.63) is 32.9 Å². The van der Waals surface area contributed by atoms with E-state index in [1.807, 2.05) is 12.1 Å². The highest BCUT2D eigenvalue weighted by Gasteiger charge is 1.99. The van der Waals surface area contributed by atoms with E-state index >= 15 is 0 Å². The molecule has 0 aliphatic heterocycles. The Hall–Kier alpha value is -0.380. The Balaban J connectivity index is 2.89. The Bertz CT molecular complexity index is 305. The maximum atomic E-state index is 10.8. The van der Waals surface area contributed by atoms with Crippen LogP contribution in [-0.4, -0.2) is 5.78 Å². The van der Waals surface area contributed by atoms with E-state index < -0.39 is 0 Å². The van der Waals surface area contributed by atoms with Gasteiger partial charge in [-0.2, -0.15) is 0 Å². The third-order valence-corrected chi connectivity index (χ3v) is 2.89. The SMILES string of the molecule is CC(=O)Cc1ccc(I)c(C)c1. The predicted molar refractivity (Wildman–Crippen MR) is 58.3 cm³/mol. The van der Waals surface area contributed by atoms with Crippen LogP contribution in [0.2, 0.25) is 0 Å². The molecule has 1 aromatic carbocycles. The molecule has 0 unspecified atom stereocenters. The molecule has 1 aromatic rings. The molecule has 0 aliphatic rings. The smallest absolute Gasteiger partial charge is 0.134 e. The molecule has 0 aliphatic carbocycles. The van der Waals surface area contributed by atoms with Gasteiger partial charge in [-0.15, -0.1) is 0 Å². The summed E-state index contributed by atoms with van der Waals surface area (Å²) in [5.41, 5.74) is 2.36. The van der Waals surface area contributed by atoms with Gasteiger partial charge in [0.25, 0.3) is 0 Å². The van der Waals surface area contributed by atoms with Crippen LogP contribution in [0, 0.1) is 10.5 Å². The summed E-state index contributed by atoms with van der Waals surface area (Å²) in [6.07, 6.45) is 0.553. The van der Waals surface area contributed by atoms with Gasteiger partial charge in [0, 0.05) is 9.99 Å². The summed E-state index contributed by atoms with van der Waals surface area (Å²) in [6, 6.07) is 6.13. The van der Waals surface area contributed by atoms with Crippen LogP contribution in [0.5, 0.6) is 0 Å². The van der Waals surface area contributed by atoms with Gasteiger partial charge >= 0.3 is 0 Å². The molecule has 2 heteroatoms. The van der Waals surface area contributed by atoms with Crippen LogP contribution in [0.4, 0.5) is 0 Å². The molecule has 12 heavy (non-hydrogen) atoms. The molecule has 0 atom stereocenters. The van der Waals surface area contributed by atoms with Crippen LogP contribution in [0.3, 0.4) is 0 Å². The molecule has 1 nitrogen and oxygen atoms in total. The molecule has 0 saturated heterocycles. The number of carbonyl (C=O) groups excluding carboxylic acids is 1. The first-order valence-corrected chi connectivity index (χ1v) is 4.92. The van der Waals surface area contributed by atoms with Crippen LogP contribution in [-0.2, 0) is 11.2 Å². The van der Waals surface area contributed by atoms with Crippen molar-refractivity contribution in [2.24, 2.45) is 0 Å². The largest absolute Gasteiger partial charge is 0.300 e. The fourth-order valence-electron chi connectivity index (χ4n) is 1.10. The highest BCUT2D eigenvalue weighted by molar-refractivity contribution is 14.1. The summed E-state index contributed by atoms with van der Waals surface area (Å²) in [4.78, 5) is 10.8. The molecule has 0 fully saturated rings. The molecule has 0 radical (unpaired) electrons. The summed E-state index contributed by atoms with van der Waals surface area (Å²) >= 11 is 2.29. The van der Waals surface area contributed by atoms with Gasteiger partial charge in [-0.25, -0.2) is 0 Å². The zero-order valence-electron chi connectivity index (χ0n) is 7.23. The molecule has 1 rings (SSSR count). The fourth-order valence-corrected chi connectivity index (χ4v) is 1.44. The van der Waals surface area contributed by atoms with Crippen molar-refractivity contribution in [3.63, 3.8) is 0 Å². The van der Waals surface area contributed by atoms with Crippen molar-refractivity contribution in [3.8, 4) is 0 Å². The zero-order valence-corrected chi connectivity index (χ0v) is 9.38. The Morgan fingerprint density at radius 1 is 1.50 bits per heavy atom. The van der Waals surface area contributed by atoms with Gasteiger partial charge in [0.15, 0.2) is 0 Å². The van der Waals surface area contributed by atoms with Crippen LogP contribution in [0.15, 0.2) is 18.2 Å². The molecular weight excluding hydrogens is 263 g/mol. The Kier molecular flexibility index (Phi) is 3.26. The van der Waals surface area contributed by atoms with E-state index in [1.165, 1.54) is 9.13 Å². The van der Waals surface area contributed by atoms with E-state index in [0.717, 1.165) is 5.56 Å². The lowest BCUT2D eigenvalue weighted by atomic mass is 10.1. The molecule has 0 spiro atoms. The third kappa shape index (κ3) is 2.59. The summed E-state index contributed by atoms with van der Waals surface area (Å²) in [6.45, 7) is 3.68. The summed E-state index contributed by atoms with van der Waals surface area (Å²) < 4.78 is 1.25. The van der Waals surface area contributed by atoms with E-state index in [-0.39, 0.29) is 5.78 Å². The minimum absolute atomic E-state index is 0.218. The van der Waals surface area contributed by atoms with Crippen molar-refractivity contribution in [1.82, 2.24) is 0 Å². The molecule has 0 aromatic heterocycles. The first kappa shape index (κ1) is 9.71. The van der Waals surface area contributed by atoms with Crippen LogP contribution in [0.1, 0.15) is 18.1 Å². The average molecular weight is 274 g/mol. The Morgan fingerprint density at radius 2 is 2.17 bits per heavy atom. The van der Waals surface area contributed by atoms with E-state index in [2.05, 4.69) is 35.6 Å². The van der Waals surface area contributed by atoms with Gasteiger partial charge in [0.05, 0.1) is 0 Å². The first-order valence-electron chi connectivity index (χ1n) is 3.84. The lowest BCUT2D eigenvalue weighted by Crippen LogP contribution is -1.96. The topological polar surface area (TPSA) is 17.1 Å². The predicted octanol–water partition coefficient (Wildman–Crippen LogP) is 2.73. The number of benzene rings is 1. The van der Waals surface area contributed by atoms with Crippen LogP contribution < -0.4 is 0 Å². The van der Waals surface area contributed by atoms with E-state index in [4.69, 9.17) is 0 Å². The van der Waals surface area contributed by atoms with Gasteiger partial charge in [0.1, 0.15) is 5.78 Å². The Morgan fingerprint density at radius 3 is 2.67 bits per heavy atom.